The van der Waals surface area contributed by atoms with Gasteiger partial charge in [0.2, 0.25) is 5.62 Å². The van der Waals surface area contributed by atoms with Gasteiger partial charge in [0.15, 0.2) is 5.78 Å². The molecule has 1 aromatic heterocycles. The van der Waals surface area contributed by atoms with Crippen LogP contribution in [0, 0.1) is 5.41 Å². The van der Waals surface area contributed by atoms with Crippen LogP contribution in [-0.2, 0) is 17.8 Å². The average Bonchev–Trinajstić information content (AvgIpc) is 2.92. The maximum atomic E-state index is 12.8. The normalized spacial score (nSPS) is 10.8. The zero-order valence-electron chi connectivity index (χ0n) is 14.2. The zero-order chi connectivity index (χ0) is 18.0. The standard InChI is InChI=1S/C19H19N3O3/c1-3-21-15-10-6-7-11-16(15)22(19(21)20)12-17(23)13-8-4-5-9-14(13)18(24)25-2/h4-11,20H,3,12H2,1-2H3. The largest absolute Gasteiger partial charge is 0.465 e. The summed E-state index contributed by atoms with van der Waals surface area (Å²) in [7, 11) is 1.29. The summed E-state index contributed by atoms with van der Waals surface area (Å²) in [5, 5.41) is 8.39. The Morgan fingerprint density at radius 2 is 1.52 bits per heavy atom. The predicted octanol–water partition coefficient (Wildman–Crippen LogP) is 2.61. The van der Waals surface area contributed by atoms with E-state index in [1.165, 1.54) is 7.11 Å². The van der Waals surface area contributed by atoms with Crippen molar-refractivity contribution in [3.63, 3.8) is 0 Å². The third-order valence-electron chi connectivity index (χ3n) is 4.23. The van der Waals surface area contributed by atoms with Crippen molar-refractivity contribution in [3.05, 3.63) is 65.3 Å². The first-order chi connectivity index (χ1) is 12.1. The van der Waals surface area contributed by atoms with Gasteiger partial charge in [-0.3, -0.25) is 10.2 Å². The van der Waals surface area contributed by atoms with E-state index >= 15 is 0 Å². The number of rotatable bonds is 5. The maximum absolute atomic E-state index is 12.8. The van der Waals surface area contributed by atoms with Crippen molar-refractivity contribution >= 4 is 22.8 Å². The van der Waals surface area contributed by atoms with E-state index in [1.807, 2.05) is 35.8 Å². The van der Waals surface area contributed by atoms with Gasteiger partial charge in [-0.1, -0.05) is 30.3 Å². The quantitative estimate of drug-likeness (QED) is 0.574. The molecule has 3 rings (SSSR count). The molecule has 6 nitrogen and oxygen atoms in total. The van der Waals surface area contributed by atoms with Crippen LogP contribution < -0.4 is 5.62 Å². The van der Waals surface area contributed by atoms with Crippen LogP contribution in [0.4, 0.5) is 0 Å². The van der Waals surface area contributed by atoms with Gasteiger partial charge in [-0.05, 0) is 25.1 Å². The van der Waals surface area contributed by atoms with Crippen LogP contribution in [0.25, 0.3) is 11.0 Å². The van der Waals surface area contributed by atoms with Crippen LogP contribution in [0.15, 0.2) is 48.5 Å². The third kappa shape index (κ3) is 2.87. The van der Waals surface area contributed by atoms with Gasteiger partial charge in [-0.25, -0.2) is 4.79 Å². The fraction of sp³-hybridized carbons (Fsp3) is 0.211. The molecule has 1 heterocycles. The lowest BCUT2D eigenvalue weighted by molar-refractivity contribution is 0.0596. The van der Waals surface area contributed by atoms with Crippen LogP contribution in [0.5, 0.6) is 0 Å². The SMILES string of the molecule is CCn1c(=N)n(CC(=O)c2ccccc2C(=O)OC)c2ccccc21. The minimum absolute atomic E-state index is 0.0135. The van der Waals surface area contributed by atoms with E-state index in [0.717, 1.165) is 11.0 Å². The minimum Gasteiger partial charge on any atom is -0.465 e. The fourth-order valence-corrected chi connectivity index (χ4v) is 3.02. The lowest BCUT2D eigenvalue weighted by Gasteiger charge is -2.08. The number of ether oxygens (including phenoxy) is 1. The number of nitrogens with zero attached hydrogens (tertiary/aromatic N) is 2. The molecule has 0 atom stereocenters. The van der Waals surface area contributed by atoms with Crippen molar-refractivity contribution in [2.75, 3.05) is 7.11 Å². The molecule has 0 aliphatic heterocycles. The van der Waals surface area contributed by atoms with Crippen molar-refractivity contribution in [2.45, 2.75) is 20.0 Å². The van der Waals surface area contributed by atoms with E-state index in [-0.39, 0.29) is 23.5 Å². The number of methoxy groups -OCH3 is 1. The van der Waals surface area contributed by atoms with Crippen molar-refractivity contribution in [3.8, 4) is 0 Å². The molecule has 1 N–H and O–H groups in total. The van der Waals surface area contributed by atoms with E-state index in [4.69, 9.17) is 10.1 Å². The molecule has 0 bridgehead atoms. The summed E-state index contributed by atoms with van der Waals surface area (Å²) in [6.07, 6.45) is 0. The maximum Gasteiger partial charge on any atom is 0.338 e. The van der Waals surface area contributed by atoms with Gasteiger partial charge in [0.05, 0.1) is 30.3 Å². The first-order valence-corrected chi connectivity index (χ1v) is 8.01. The number of hydrogen-bond acceptors (Lipinski definition) is 4. The van der Waals surface area contributed by atoms with E-state index < -0.39 is 5.97 Å². The number of benzene rings is 2. The fourth-order valence-electron chi connectivity index (χ4n) is 3.02. The minimum atomic E-state index is -0.545. The van der Waals surface area contributed by atoms with E-state index in [1.54, 1.807) is 28.8 Å². The van der Waals surface area contributed by atoms with Crippen LogP contribution in [0.3, 0.4) is 0 Å². The molecule has 0 spiro atoms. The molecule has 0 saturated heterocycles. The van der Waals surface area contributed by atoms with Crippen LogP contribution in [0.1, 0.15) is 27.6 Å². The van der Waals surface area contributed by atoms with Gasteiger partial charge in [-0.2, -0.15) is 0 Å². The lowest BCUT2D eigenvalue weighted by atomic mass is 10.0. The highest BCUT2D eigenvalue weighted by Gasteiger charge is 2.19. The summed E-state index contributed by atoms with van der Waals surface area (Å²) in [5.41, 5.74) is 2.52. The second kappa shape index (κ2) is 6.76. The summed E-state index contributed by atoms with van der Waals surface area (Å²) in [4.78, 5) is 24.7. The molecule has 0 aliphatic carbocycles. The average molecular weight is 337 g/mol. The molecule has 128 valence electrons. The lowest BCUT2D eigenvalue weighted by Crippen LogP contribution is -2.27. The molecule has 0 aliphatic rings. The monoisotopic (exact) mass is 337 g/mol. The first-order valence-electron chi connectivity index (χ1n) is 8.01. The molecule has 0 amide bonds. The topological polar surface area (TPSA) is 77.1 Å². The van der Waals surface area contributed by atoms with Gasteiger partial charge >= 0.3 is 5.97 Å². The number of para-hydroxylation sites is 2. The Balaban J connectivity index is 2.06. The van der Waals surface area contributed by atoms with Crippen LogP contribution >= 0.6 is 0 Å². The van der Waals surface area contributed by atoms with Crippen molar-refractivity contribution in [2.24, 2.45) is 0 Å². The van der Waals surface area contributed by atoms with Gasteiger partial charge in [0.1, 0.15) is 0 Å². The molecule has 0 unspecified atom stereocenters. The van der Waals surface area contributed by atoms with Gasteiger partial charge in [-0.15, -0.1) is 0 Å². The Morgan fingerprint density at radius 1 is 0.960 bits per heavy atom. The van der Waals surface area contributed by atoms with Gasteiger partial charge < -0.3 is 13.9 Å². The highest BCUT2D eigenvalue weighted by atomic mass is 16.5. The molecular weight excluding hydrogens is 318 g/mol. The van der Waals surface area contributed by atoms with E-state index in [2.05, 4.69) is 0 Å². The number of aromatic nitrogens is 2. The van der Waals surface area contributed by atoms with E-state index in [0.29, 0.717) is 12.1 Å². The third-order valence-corrected chi connectivity index (χ3v) is 4.23. The molecule has 0 saturated carbocycles. The zero-order valence-corrected chi connectivity index (χ0v) is 14.2. The second-order valence-electron chi connectivity index (χ2n) is 5.60. The van der Waals surface area contributed by atoms with E-state index in [9.17, 15) is 9.59 Å². The molecule has 3 aromatic rings. The number of fused-ring (bicyclic) bond motifs is 1. The predicted molar refractivity (Wildman–Crippen MR) is 93.6 cm³/mol. The summed E-state index contributed by atoms with van der Waals surface area (Å²) >= 11 is 0. The summed E-state index contributed by atoms with van der Waals surface area (Å²) in [5.74, 6) is -0.783. The number of imidazole rings is 1. The van der Waals surface area contributed by atoms with Crippen LogP contribution in [-0.4, -0.2) is 28.0 Å². The second-order valence-corrected chi connectivity index (χ2v) is 5.60. The summed E-state index contributed by atoms with van der Waals surface area (Å²) < 4.78 is 8.26. The molecule has 0 fully saturated rings. The Labute approximate surface area is 144 Å². The number of carbonyl (C=O) groups is 2. The highest BCUT2D eigenvalue weighted by molar-refractivity contribution is 6.06. The van der Waals surface area contributed by atoms with Gasteiger partial charge in [0, 0.05) is 12.1 Å². The number of esters is 1. The van der Waals surface area contributed by atoms with Crippen LogP contribution in [0.2, 0.25) is 0 Å². The molecule has 0 radical (unpaired) electrons. The summed E-state index contributed by atoms with van der Waals surface area (Å²) in [6.45, 7) is 2.59. The number of hydrogen-bond donors (Lipinski definition) is 1. The van der Waals surface area contributed by atoms with Crippen molar-refractivity contribution in [1.82, 2.24) is 9.13 Å². The van der Waals surface area contributed by atoms with Gasteiger partial charge in [0.25, 0.3) is 0 Å². The molecule has 25 heavy (non-hydrogen) atoms. The Morgan fingerprint density at radius 3 is 2.12 bits per heavy atom. The smallest absolute Gasteiger partial charge is 0.338 e. The Bertz CT molecular complexity index is 1010. The molecular formula is C19H19N3O3. The number of nitrogens with one attached hydrogen (secondary N) is 1. The number of ketones is 1. The molecule has 2 aromatic carbocycles. The summed E-state index contributed by atoms with van der Waals surface area (Å²) in [6, 6.07) is 14.2. The number of carbonyl (C=O) groups excluding carboxylic acids is 2. The molecule has 6 heteroatoms. The van der Waals surface area contributed by atoms with Crippen molar-refractivity contribution < 1.29 is 14.3 Å². The van der Waals surface area contributed by atoms with Crippen molar-refractivity contribution in [1.29, 1.82) is 5.41 Å². The Kier molecular flexibility index (Phi) is 4.52. The highest BCUT2D eigenvalue weighted by Crippen LogP contribution is 2.16. The number of Topliss-reactive ketones (excluding diaryl/α,β-unsaturated/α-hetero) is 1. The Hall–Kier alpha value is -3.15. The first kappa shape index (κ1) is 16.7. The number of aryl methyl sites for hydroxylation is 1.